The van der Waals surface area contributed by atoms with E-state index in [1.54, 1.807) is 20.8 Å². The van der Waals surface area contributed by atoms with Crippen LogP contribution in [0, 0.1) is 45.3 Å². The van der Waals surface area contributed by atoms with Crippen LogP contribution in [-0.2, 0) is 28.7 Å². The van der Waals surface area contributed by atoms with Crippen LogP contribution in [0.5, 0.6) is 0 Å². The highest BCUT2D eigenvalue weighted by molar-refractivity contribution is 6.17. The number of ether oxygens (including phenoxy) is 1. The van der Waals surface area contributed by atoms with Crippen molar-refractivity contribution in [3.8, 4) is 0 Å². The fourth-order valence-electron chi connectivity index (χ4n) is 9.05. The lowest BCUT2D eigenvalue weighted by Gasteiger charge is -2.60. The predicted molar refractivity (Wildman–Crippen MR) is 142 cm³/mol. The Hall–Kier alpha value is -2.19. The molecule has 0 spiro atoms. The van der Waals surface area contributed by atoms with E-state index in [1.807, 2.05) is 27.7 Å². The fourth-order valence-corrected chi connectivity index (χ4v) is 9.05. The number of ketones is 4. The summed E-state index contributed by atoms with van der Waals surface area (Å²) in [4.78, 5) is 66.7. The second-order valence-corrected chi connectivity index (χ2v) is 14.0. The van der Waals surface area contributed by atoms with E-state index in [2.05, 4.69) is 0 Å². The monoisotopic (exact) mass is 544 g/mol. The molecule has 8 nitrogen and oxygen atoms in total. The highest BCUT2D eigenvalue weighted by Gasteiger charge is 2.73. The largest absolute Gasteiger partial charge is 0.469 e. The lowest BCUT2D eigenvalue weighted by molar-refractivity contribution is -0.159. The summed E-state index contributed by atoms with van der Waals surface area (Å²) >= 11 is 0. The van der Waals surface area contributed by atoms with Crippen molar-refractivity contribution in [3.63, 3.8) is 0 Å². The van der Waals surface area contributed by atoms with E-state index in [4.69, 9.17) is 4.74 Å². The molecule has 0 radical (unpaired) electrons. The molecule has 4 rings (SSSR count). The number of aliphatic hydroxyl groups is 2. The molecule has 0 aromatic carbocycles. The second-order valence-electron chi connectivity index (χ2n) is 14.0. The van der Waals surface area contributed by atoms with E-state index in [-0.39, 0.29) is 66.0 Å². The van der Waals surface area contributed by atoms with Crippen LogP contribution in [0.4, 0.5) is 0 Å². The lowest BCUT2D eigenvalue weighted by Crippen LogP contribution is -2.64. The summed E-state index contributed by atoms with van der Waals surface area (Å²) in [5.41, 5.74) is -3.49. The van der Waals surface area contributed by atoms with Gasteiger partial charge in [0.2, 0.25) is 0 Å². The molecule has 39 heavy (non-hydrogen) atoms. The third kappa shape index (κ3) is 3.87. The minimum atomic E-state index is -1.51. The smallest absolute Gasteiger partial charge is 0.308 e. The first-order chi connectivity index (χ1) is 17.9. The van der Waals surface area contributed by atoms with E-state index in [1.165, 1.54) is 7.11 Å². The van der Waals surface area contributed by atoms with Gasteiger partial charge < -0.3 is 14.9 Å². The molecule has 2 saturated carbocycles. The van der Waals surface area contributed by atoms with Gasteiger partial charge in [-0.2, -0.15) is 0 Å². The molecule has 0 amide bonds. The number of hydrogen-bond donors (Lipinski definition) is 2. The van der Waals surface area contributed by atoms with Gasteiger partial charge in [0.15, 0.2) is 11.6 Å². The van der Waals surface area contributed by atoms with E-state index >= 15 is 0 Å². The van der Waals surface area contributed by atoms with Crippen molar-refractivity contribution in [2.24, 2.45) is 45.3 Å². The Labute approximate surface area is 230 Å². The Balaban J connectivity index is 1.77. The maximum Gasteiger partial charge on any atom is 0.308 e. The quantitative estimate of drug-likeness (QED) is 0.486. The number of rotatable bonds is 6. The molecule has 0 aliphatic heterocycles. The molecule has 2 N–H and O–H groups in total. The van der Waals surface area contributed by atoms with Crippen molar-refractivity contribution in [3.05, 3.63) is 11.1 Å². The number of carbonyl (C=O) groups excluding carboxylic acids is 5. The molecule has 216 valence electrons. The maximum absolute atomic E-state index is 14.1. The van der Waals surface area contributed by atoms with Gasteiger partial charge in [0, 0.05) is 47.7 Å². The van der Waals surface area contributed by atoms with Crippen LogP contribution in [0.15, 0.2) is 11.1 Å². The normalized spacial score (nSPS) is 40.9. The topological polar surface area (TPSA) is 135 Å². The molecule has 0 heterocycles. The van der Waals surface area contributed by atoms with E-state index < -0.39 is 57.5 Å². The fraction of sp³-hybridized carbons (Fsp3) is 0.774. The van der Waals surface area contributed by atoms with Crippen molar-refractivity contribution in [1.29, 1.82) is 0 Å². The molecule has 4 aliphatic carbocycles. The van der Waals surface area contributed by atoms with Gasteiger partial charge in [-0.1, -0.05) is 41.5 Å². The van der Waals surface area contributed by atoms with E-state index in [0.29, 0.717) is 12.8 Å². The summed E-state index contributed by atoms with van der Waals surface area (Å²) in [6.45, 7) is 12.7. The number of carbonyl (C=O) groups is 5. The summed E-state index contributed by atoms with van der Waals surface area (Å²) in [5.74, 6) is -3.36. The molecule has 2 fully saturated rings. The minimum Gasteiger partial charge on any atom is -0.469 e. The molecular weight excluding hydrogens is 500 g/mol. The molecule has 0 saturated heterocycles. The lowest BCUT2D eigenvalue weighted by atomic mass is 9.42. The summed E-state index contributed by atoms with van der Waals surface area (Å²) in [6.07, 6.45) is -0.920. The summed E-state index contributed by atoms with van der Waals surface area (Å²) < 4.78 is 4.73. The van der Waals surface area contributed by atoms with Gasteiger partial charge in [0.25, 0.3) is 0 Å². The molecule has 9 atom stereocenters. The van der Waals surface area contributed by atoms with Crippen molar-refractivity contribution in [1.82, 2.24) is 0 Å². The minimum absolute atomic E-state index is 0.00229. The van der Waals surface area contributed by atoms with Gasteiger partial charge >= 0.3 is 5.97 Å². The van der Waals surface area contributed by atoms with Crippen molar-refractivity contribution < 1.29 is 38.9 Å². The Morgan fingerprint density at radius 2 is 1.59 bits per heavy atom. The third-order valence-corrected chi connectivity index (χ3v) is 11.7. The van der Waals surface area contributed by atoms with Crippen LogP contribution < -0.4 is 0 Å². The van der Waals surface area contributed by atoms with Gasteiger partial charge in [-0.25, -0.2) is 0 Å². The molecule has 0 bridgehead atoms. The standard InChI is InChI=1S/C31H44O8/c1-15(11-17(32)12-16(2)27(38)39-8)18-13-22(35)31(7)23-19(33)14-20-28(3,4)21(34)9-10-29(20,5)24(23)25(36)26(37)30(18,31)6/h15-16,18,20-21,26,34,37H,9-14H2,1-8H3/t15-,16-,18-,20-,21+,26-,29+,30+,31+/m1/s1. The van der Waals surface area contributed by atoms with E-state index in [0.717, 1.165) is 0 Å². The zero-order chi connectivity index (χ0) is 29.5. The predicted octanol–water partition coefficient (Wildman–Crippen LogP) is 3.40. The van der Waals surface area contributed by atoms with Gasteiger partial charge in [-0.3, -0.25) is 24.0 Å². The van der Waals surface area contributed by atoms with Crippen molar-refractivity contribution >= 4 is 29.1 Å². The van der Waals surface area contributed by atoms with Crippen molar-refractivity contribution in [2.75, 3.05) is 7.11 Å². The van der Waals surface area contributed by atoms with E-state index in [9.17, 15) is 34.2 Å². The molecule has 0 aromatic heterocycles. The third-order valence-electron chi connectivity index (χ3n) is 11.7. The SMILES string of the molecule is COC(=O)[C@H](C)CC(=O)C[C@@H](C)[C@H]1CC(=O)[C@@]2(C)C3=C(C(=O)[C@@H](O)[C@]12C)[C@@]1(C)CC[C@H](O)C(C)(C)[C@H]1CC3=O. The molecule has 0 unspecified atom stereocenters. The van der Waals surface area contributed by atoms with Crippen LogP contribution >= 0.6 is 0 Å². The zero-order valence-electron chi connectivity index (χ0n) is 24.6. The average molecular weight is 545 g/mol. The Morgan fingerprint density at radius 1 is 0.974 bits per heavy atom. The Bertz CT molecular complexity index is 1170. The first-order valence-corrected chi connectivity index (χ1v) is 14.2. The maximum atomic E-state index is 14.1. The summed E-state index contributed by atoms with van der Waals surface area (Å²) in [6, 6.07) is 0. The van der Waals surface area contributed by atoms with Gasteiger partial charge in [0.1, 0.15) is 17.7 Å². The first kappa shape index (κ1) is 29.8. The average Bonchev–Trinajstić information content (AvgIpc) is 3.07. The number of aliphatic hydroxyl groups excluding tert-OH is 2. The Morgan fingerprint density at radius 3 is 2.18 bits per heavy atom. The van der Waals surface area contributed by atoms with Crippen LogP contribution in [0.1, 0.15) is 87.0 Å². The van der Waals surface area contributed by atoms with Gasteiger partial charge in [-0.15, -0.1) is 0 Å². The van der Waals surface area contributed by atoms with Gasteiger partial charge in [-0.05, 0) is 42.9 Å². The number of allylic oxidation sites excluding steroid dienone is 1. The van der Waals surface area contributed by atoms with Crippen LogP contribution in [0.3, 0.4) is 0 Å². The molecule has 0 aromatic rings. The number of fused-ring (bicyclic) bond motifs is 4. The highest BCUT2D eigenvalue weighted by atomic mass is 16.5. The summed E-state index contributed by atoms with van der Waals surface area (Å²) in [7, 11) is 1.27. The number of esters is 1. The highest BCUT2D eigenvalue weighted by Crippen LogP contribution is 2.70. The van der Waals surface area contributed by atoms with Crippen LogP contribution in [0.25, 0.3) is 0 Å². The summed E-state index contributed by atoms with van der Waals surface area (Å²) in [5, 5.41) is 22.5. The first-order valence-electron chi connectivity index (χ1n) is 14.2. The number of methoxy groups -OCH3 is 1. The molecule has 8 heteroatoms. The number of Topliss-reactive ketones (excluding diaryl/α,β-unsaturated/α-hetero) is 4. The molecular formula is C31H44O8. The Kier molecular flexibility index (Phi) is 7.21. The zero-order valence-corrected chi connectivity index (χ0v) is 24.6. The van der Waals surface area contributed by atoms with Crippen molar-refractivity contribution in [2.45, 2.75) is 99.2 Å². The van der Waals surface area contributed by atoms with Crippen LogP contribution in [-0.4, -0.2) is 58.6 Å². The van der Waals surface area contributed by atoms with Crippen LogP contribution in [0.2, 0.25) is 0 Å². The van der Waals surface area contributed by atoms with Gasteiger partial charge in [0.05, 0.1) is 24.5 Å². The number of hydrogen-bond acceptors (Lipinski definition) is 8. The molecule has 4 aliphatic rings. The second kappa shape index (κ2) is 9.44.